The van der Waals surface area contributed by atoms with E-state index in [1.54, 1.807) is 0 Å². The molecule has 2 aliphatic heterocycles. The van der Waals surface area contributed by atoms with Gasteiger partial charge in [-0.25, -0.2) is 9.48 Å². The third-order valence-electron chi connectivity index (χ3n) is 4.23. The van der Waals surface area contributed by atoms with Gasteiger partial charge in [0.25, 0.3) is 11.8 Å². The Balaban J connectivity index is 1.53. The van der Waals surface area contributed by atoms with E-state index in [1.807, 2.05) is 0 Å². The average molecular weight is 418 g/mol. The molecule has 5 N–H and O–H groups in total. The summed E-state index contributed by atoms with van der Waals surface area (Å²) in [6.45, 7) is 0.00303. The number of carbonyl (C=O) groups is 3. The molecule has 1 aromatic heterocycles. The van der Waals surface area contributed by atoms with Gasteiger partial charge in [-0.3, -0.25) is 25.0 Å². The van der Waals surface area contributed by atoms with E-state index in [0.29, 0.717) is 10.8 Å². The molecule has 2 atom stereocenters. The van der Waals surface area contributed by atoms with E-state index in [2.05, 4.69) is 25.4 Å². The number of urea groups is 1. The van der Waals surface area contributed by atoms with Crippen LogP contribution in [0.1, 0.15) is 18.5 Å². The predicted molar refractivity (Wildman–Crippen MR) is 87.6 cm³/mol. The van der Waals surface area contributed by atoms with Gasteiger partial charge in [-0.2, -0.15) is 13.5 Å². The summed E-state index contributed by atoms with van der Waals surface area (Å²) in [5, 5.41) is 7.94. The number of fused-ring (bicyclic) bond motifs is 2. The summed E-state index contributed by atoms with van der Waals surface area (Å²) in [6, 6.07) is -2.42. The van der Waals surface area contributed by atoms with Gasteiger partial charge in [-0.15, -0.1) is 9.38 Å². The van der Waals surface area contributed by atoms with Gasteiger partial charge in [0.15, 0.2) is 0 Å². The molecular weight excluding hydrogens is 400 g/mol. The minimum atomic E-state index is -4.87. The minimum absolute atomic E-state index is 0.0429. The Morgan fingerprint density at radius 2 is 2.11 bits per heavy atom. The van der Waals surface area contributed by atoms with Crippen molar-refractivity contribution in [2.45, 2.75) is 38.0 Å². The van der Waals surface area contributed by atoms with Crippen LogP contribution in [0.3, 0.4) is 0 Å². The first-order valence-corrected chi connectivity index (χ1v) is 9.49. The van der Waals surface area contributed by atoms with Gasteiger partial charge in [0, 0.05) is 13.1 Å². The van der Waals surface area contributed by atoms with Crippen LogP contribution in [-0.4, -0.2) is 74.4 Å². The Bertz CT molecular complexity index is 886. The quantitative estimate of drug-likeness (QED) is 0.270. The number of hydroxylamine groups is 2. The van der Waals surface area contributed by atoms with Crippen LogP contribution in [-0.2, 0) is 37.4 Å². The maximum Gasteiger partial charge on any atom is 0.418 e. The fourth-order valence-corrected chi connectivity index (χ4v) is 3.40. The van der Waals surface area contributed by atoms with Crippen molar-refractivity contribution >= 4 is 28.2 Å². The predicted octanol–water partition coefficient (Wildman–Crippen LogP) is -3.11. The number of hydrazine groups is 1. The van der Waals surface area contributed by atoms with E-state index >= 15 is 0 Å². The molecule has 0 aromatic carbocycles. The van der Waals surface area contributed by atoms with Crippen LogP contribution in [0.5, 0.6) is 0 Å². The molecule has 2 bridgehead atoms. The molecule has 0 saturated carbocycles. The Labute approximate surface area is 158 Å². The van der Waals surface area contributed by atoms with Crippen molar-refractivity contribution in [1.29, 1.82) is 0 Å². The summed E-state index contributed by atoms with van der Waals surface area (Å²) in [5.41, 5.74) is 10.3. The molecule has 2 saturated heterocycles. The minimum Gasteiger partial charge on any atom is -0.325 e. The number of nitrogens with one attached hydrogen (secondary N) is 2. The molecule has 0 radical (unpaired) electrons. The number of carbonyl (C=O) groups excluding carboxylic acids is 3. The van der Waals surface area contributed by atoms with Crippen molar-refractivity contribution in [3.05, 3.63) is 11.9 Å². The Kier molecular flexibility index (Phi) is 5.45. The molecule has 0 aliphatic carbocycles. The number of aromatic nitrogens is 3. The van der Waals surface area contributed by atoms with Crippen molar-refractivity contribution in [3.63, 3.8) is 0 Å². The van der Waals surface area contributed by atoms with Gasteiger partial charge in [0.2, 0.25) is 0 Å². The molecule has 15 nitrogen and oxygen atoms in total. The van der Waals surface area contributed by atoms with Gasteiger partial charge in [0.1, 0.15) is 12.6 Å². The van der Waals surface area contributed by atoms with E-state index in [9.17, 15) is 22.8 Å². The summed E-state index contributed by atoms with van der Waals surface area (Å²) < 4.78 is 36.0. The zero-order chi connectivity index (χ0) is 20.5. The zero-order valence-electron chi connectivity index (χ0n) is 14.4. The Morgan fingerprint density at radius 1 is 1.36 bits per heavy atom. The number of amides is 4. The molecular formula is C12H18N8O7S. The number of hydrogen-bond donors (Lipinski definition) is 4. The standard InChI is InChI=1S/C12H18N8O7S/c13-3-7-4-18(17-14-7)6-10(21)15-16-11(22)9-2-1-8-5-19(9)12(23)20(8)27-28(24,25)26/h4,8-9H,1-3,5-6,13H2,(H,15,21)(H,16,22)(H,24,25,26). The molecule has 2 aliphatic rings. The first kappa shape index (κ1) is 19.9. The van der Waals surface area contributed by atoms with E-state index in [1.165, 1.54) is 10.9 Å². The molecule has 154 valence electrons. The van der Waals surface area contributed by atoms with Crippen molar-refractivity contribution in [2.24, 2.45) is 5.73 Å². The monoisotopic (exact) mass is 418 g/mol. The Morgan fingerprint density at radius 3 is 2.75 bits per heavy atom. The Hall–Kier alpha value is -2.82. The van der Waals surface area contributed by atoms with Crippen molar-refractivity contribution in [2.75, 3.05) is 6.54 Å². The molecule has 3 heterocycles. The van der Waals surface area contributed by atoms with Crippen molar-refractivity contribution in [3.8, 4) is 0 Å². The van der Waals surface area contributed by atoms with Gasteiger partial charge < -0.3 is 10.6 Å². The maximum absolute atomic E-state index is 12.3. The summed E-state index contributed by atoms with van der Waals surface area (Å²) in [4.78, 5) is 37.6. The van der Waals surface area contributed by atoms with Crippen LogP contribution < -0.4 is 16.6 Å². The SMILES string of the molecule is NCc1cn(CC(=O)NNC(=O)C2CCC3CN2C(=O)N3OS(=O)(=O)O)nn1. The average Bonchev–Trinajstić information content (AvgIpc) is 3.17. The van der Waals surface area contributed by atoms with Crippen LogP contribution in [0, 0.1) is 0 Å². The van der Waals surface area contributed by atoms with Crippen LogP contribution in [0.15, 0.2) is 6.20 Å². The number of nitrogens with two attached hydrogens (primary N) is 1. The summed E-state index contributed by atoms with van der Waals surface area (Å²) in [7, 11) is -4.87. The lowest BCUT2D eigenvalue weighted by Gasteiger charge is -2.29. The largest absolute Gasteiger partial charge is 0.418 e. The molecule has 3 rings (SSSR count). The van der Waals surface area contributed by atoms with Crippen molar-refractivity contribution < 1.29 is 31.6 Å². The van der Waals surface area contributed by atoms with Crippen molar-refractivity contribution in [1.82, 2.24) is 35.8 Å². The first-order chi connectivity index (χ1) is 13.2. The molecule has 1 aromatic rings. The summed E-state index contributed by atoms with van der Waals surface area (Å²) >= 11 is 0. The van der Waals surface area contributed by atoms with Gasteiger partial charge in [0.05, 0.1) is 17.9 Å². The second-order valence-corrected chi connectivity index (χ2v) is 7.16. The first-order valence-electron chi connectivity index (χ1n) is 8.12. The van der Waals surface area contributed by atoms with Crippen LogP contribution in [0.4, 0.5) is 4.79 Å². The third-order valence-corrected chi connectivity index (χ3v) is 4.57. The zero-order valence-corrected chi connectivity index (χ0v) is 15.2. The molecule has 0 spiro atoms. The highest BCUT2D eigenvalue weighted by Gasteiger charge is 2.49. The number of hydrogen-bond acceptors (Lipinski definition) is 9. The molecule has 2 fully saturated rings. The fourth-order valence-electron chi connectivity index (χ4n) is 3.01. The highest BCUT2D eigenvalue weighted by atomic mass is 32.3. The number of piperidine rings is 1. The highest BCUT2D eigenvalue weighted by Crippen LogP contribution is 2.30. The van der Waals surface area contributed by atoms with Gasteiger partial charge in [-0.05, 0) is 12.8 Å². The molecule has 4 amide bonds. The van der Waals surface area contributed by atoms with Crippen LogP contribution in [0.25, 0.3) is 0 Å². The molecule has 2 unspecified atom stereocenters. The van der Waals surface area contributed by atoms with E-state index in [0.717, 1.165) is 4.90 Å². The topological polar surface area (TPSA) is 202 Å². The summed E-state index contributed by atoms with van der Waals surface area (Å²) in [5.74, 6) is -1.24. The second-order valence-electron chi connectivity index (χ2n) is 6.16. The normalized spacial score (nSPS) is 21.7. The molecule has 28 heavy (non-hydrogen) atoms. The highest BCUT2D eigenvalue weighted by molar-refractivity contribution is 7.80. The van der Waals surface area contributed by atoms with E-state index in [-0.39, 0.29) is 32.5 Å². The van der Waals surface area contributed by atoms with Crippen LogP contribution >= 0.6 is 0 Å². The van der Waals surface area contributed by atoms with E-state index in [4.69, 9.17) is 10.3 Å². The smallest absolute Gasteiger partial charge is 0.325 e. The number of rotatable bonds is 6. The van der Waals surface area contributed by atoms with Crippen LogP contribution in [0.2, 0.25) is 0 Å². The maximum atomic E-state index is 12.3. The van der Waals surface area contributed by atoms with Gasteiger partial charge >= 0.3 is 16.4 Å². The third kappa shape index (κ3) is 4.35. The second kappa shape index (κ2) is 7.66. The molecule has 16 heteroatoms. The summed E-state index contributed by atoms with van der Waals surface area (Å²) in [6.07, 6.45) is 1.96. The number of nitrogens with zero attached hydrogens (tertiary/aromatic N) is 5. The lowest BCUT2D eigenvalue weighted by atomic mass is 10.0. The van der Waals surface area contributed by atoms with E-state index < -0.39 is 40.3 Å². The van der Waals surface area contributed by atoms with Gasteiger partial charge in [-0.1, -0.05) is 5.21 Å². The lowest BCUT2D eigenvalue weighted by Crippen LogP contribution is -2.54. The fraction of sp³-hybridized carbons (Fsp3) is 0.583. The lowest BCUT2D eigenvalue weighted by molar-refractivity contribution is -0.132.